The molecule has 1 fully saturated rings. The molecule has 0 atom stereocenters. The summed E-state index contributed by atoms with van der Waals surface area (Å²) in [7, 11) is 0. The molecule has 2 amide bonds. The van der Waals surface area contributed by atoms with E-state index in [0.717, 1.165) is 42.3 Å². The van der Waals surface area contributed by atoms with Crippen molar-refractivity contribution in [3.63, 3.8) is 0 Å². The summed E-state index contributed by atoms with van der Waals surface area (Å²) in [6, 6.07) is 24.1. The van der Waals surface area contributed by atoms with Gasteiger partial charge in [-0.15, -0.1) is 0 Å². The van der Waals surface area contributed by atoms with Crippen molar-refractivity contribution >= 4 is 22.6 Å². The fourth-order valence-electron chi connectivity index (χ4n) is 4.61. The Labute approximate surface area is 184 Å². The first-order chi connectivity index (χ1) is 15.2. The van der Waals surface area contributed by atoms with E-state index in [9.17, 15) is 9.59 Å². The smallest absolute Gasteiger partial charge is 0.253 e. The second-order valence-electron chi connectivity index (χ2n) is 8.29. The Hall–Kier alpha value is -3.14. The Morgan fingerprint density at radius 3 is 2.32 bits per heavy atom. The minimum absolute atomic E-state index is 0.0863. The second kappa shape index (κ2) is 9.78. The van der Waals surface area contributed by atoms with E-state index in [4.69, 9.17) is 0 Å². The van der Waals surface area contributed by atoms with Gasteiger partial charge in [-0.2, -0.15) is 0 Å². The number of hydrogen-bond acceptors (Lipinski definition) is 2. The molecule has 1 aliphatic rings. The molecule has 0 saturated carbocycles. The van der Waals surface area contributed by atoms with Crippen LogP contribution in [0.2, 0.25) is 0 Å². The zero-order valence-corrected chi connectivity index (χ0v) is 18.2. The minimum Gasteiger partial charge on any atom is -0.339 e. The summed E-state index contributed by atoms with van der Waals surface area (Å²) in [6.45, 7) is 4.27. The zero-order chi connectivity index (χ0) is 21.6. The van der Waals surface area contributed by atoms with Gasteiger partial charge in [0, 0.05) is 31.2 Å². The van der Waals surface area contributed by atoms with Crippen molar-refractivity contribution in [3.05, 3.63) is 83.9 Å². The van der Waals surface area contributed by atoms with Crippen LogP contribution < -0.4 is 0 Å². The molecule has 3 aromatic carbocycles. The third-order valence-corrected chi connectivity index (χ3v) is 6.22. The Morgan fingerprint density at radius 2 is 1.58 bits per heavy atom. The van der Waals surface area contributed by atoms with Gasteiger partial charge in [0.1, 0.15) is 0 Å². The Morgan fingerprint density at radius 1 is 0.903 bits per heavy atom. The summed E-state index contributed by atoms with van der Waals surface area (Å²) in [5.41, 5.74) is 1.82. The minimum atomic E-state index is 0.0863. The van der Waals surface area contributed by atoms with Gasteiger partial charge in [0.2, 0.25) is 5.91 Å². The third-order valence-electron chi connectivity index (χ3n) is 6.22. The van der Waals surface area contributed by atoms with E-state index in [1.54, 1.807) is 0 Å². The van der Waals surface area contributed by atoms with Crippen LogP contribution in [0.4, 0.5) is 0 Å². The molecule has 3 aromatic rings. The monoisotopic (exact) mass is 414 g/mol. The maximum Gasteiger partial charge on any atom is 0.253 e. The summed E-state index contributed by atoms with van der Waals surface area (Å²) in [5, 5.41) is 2.32. The second-order valence-corrected chi connectivity index (χ2v) is 8.29. The van der Waals surface area contributed by atoms with Gasteiger partial charge >= 0.3 is 0 Å². The van der Waals surface area contributed by atoms with Gasteiger partial charge in [-0.1, -0.05) is 67.6 Å². The van der Waals surface area contributed by atoms with E-state index in [-0.39, 0.29) is 17.9 Å². The molecule has 31 heavy (non-hydrogen) atoms. The van der Waals surface area contributed by atoms with Gasteiger partial charge in [0.05, 0.1) is 6.42 Å². The number of benzene rings is 3. The molecular weight excluding hydrogens is 384 g/mol. The van der Waals surface area contributed by atoms with Crippen molar-refractivity contribution in [1.29, 1.82) is 0 Å². The van der Waals surface area contributed by atoms with Gasteiger partial charge in [-0.25, -0.2) is 0 Å². The maximum atomic E-state index is 13.3. The van der Waals surface area contributed by atoms with Gasteiger partial charge in [-0.3, -0.25) is 9.59 Å². The van der Waals surface area contributed by atoms with Crippen LogP contribution >= 0.6 is 0 Å². The Bertz CT molecular complexity index is 1030. The maximum absolute atomic E-state index is 13.3. The zero-order valence-electron chi connectivity index (χ0n) is 18.2. The summed E-state index contributed by atoms with van der Waals surface area (Å²) >= 11 is 0. The van der Waals surface area contributed by atoms with Crippen LogP contribution in [0.1, 0.15) is 42.1 Å². The summed E-state index contributed by atoms with van der Waals surface area (Å²) in [4.78, 5) is 30.1. The molecule has 4 nitrogen and oxygen atoms in total. The molecule has 160 valence electrons. The molecule has 1 heterocycles. The van der Waals surface area contributed by atoms with E-state index in [2.05, 4.69) is 36.1 Å². The first kappa shape index (κ1) is 21.1. The van der Waals surface area contributed by atoms with Crippen molar-refractivity contribution in [2.24, 2.45) is 0 Å². The lowest BCUT2D eigenvalue weighted by atomic mass is 9.98. The number of fused-ring (bicyclic) bond motifs is 1. The lowest BCUT2D eigenvalue weighted by molar-refractivity contribution is -0.133. The normalized spacial score (nSPS) is 14.5. The van der Waals surface area contributed by atoms with E-state index >= 15 is 0 Å². The molecule has 4 heteroatoms. The first-order valence-corrected chi connectivity index (χ1v) is 11.3. The number of hydrogen-bond donors (Lipinski definition) is 0. The highest BCUT2D eigenvalue weighted by Crippen LogP contribution is 2.23. The van der Waals surface area contributed by atoms with Crippen LogP contribution in [-0.4, -0.2) is 47.3 Å². The van der Waals surface area contributed by atoms with Gasteiger partial charge in [0.15, 0.2) is 0 Å². The molecule has 1 saturated heterocycles. The topological polar surface area (TPSA) is 40.6 Å². The van der Waals surface area contributed by atoms with Gasteiger partial charge in [0.25, 0.3) is 5.91 Å². The summed E-state index contributed by atoms with van der Waals surface area (Å²) in [5.74, 6) is 0.272. The number of nitrogens with zero attached hydrogens (tertiary/aromatic N) is 2. The van der Waals surface area contributed by atoms with Crippen LogP contribution in [0.3, 0.4) is 0 Å². The molecule has 4 rings (SSSR count). The van der Waals surface area contributed by atoms with Crippen molar-refractivity contribution < 1.29 is 9.59 Å². The average Bonchev–Trinajstić information content (AvgIpc) is 2.83. The van der Waals surface area contributed by atoms with Crippen molar-refractivity contribution in [2.75, 3.05) is 19.6 Å². The molecule has 0 unspecified atom stereocenters. The van der Waals surface area contributed by atoms with E-state index < -0.39 is 0 Å². The largest absolute Gasteiger partial charge is 0.339 e. The highest BCUT2D eigenvalue weighted by Gasteiger charge is 2.29. The SMILES string of the molecule is CCCN(C(=O)Cc1cccc2ccccc12)C1CCN(C(=O)c2ccccc2)CC1. The highest BCUT2D eigenvalue weighted by atomic mass is 16.2. The standard InChI is InChI=1S/C27H30N2O2/c1-2-17-29(26(30)20-23-13-8-12-21-9-6-7-14-25(21)23)24-15-18-28(19-16-24)27(31)22-10-4-3-5-11-22/h3-14,24H,2,15-20H2,1H3. The third kappa shape index (κ3) is 4.79. The van der Waals surface area contributed by atoms with Crippen molar-refractivity contribution in [2.45, 2.75) is 38.6 Å². The highest BCUT2D eigenvalue weighted by molar-refractivity contribution is 5.94. The summed E-state index contributed by atoms with van der Waals surface area (Å²) < 4.78 is 0. The molecular formula is C27H30N2O2. The molecule has 0 aliphatic carbocycles. The van der Waals surface area contributed by atoms with Crippen LogP contribution in [0.25, 0.3) is 10.8 Å². The van der Waals surface area contributed by atoms with Crippen LogP contribution in [-0.2, 0) is 11.2 Å². The Kier molecular flexibility index (Phi) is 6.66. The molecule has 0 bridgehead atoms. The molecule has 0 radical (unpaired) electrons. The summed E-state index contributed by atoms with van der Waals surface area (Å²) in [6.07, 6.45) is 3.02. The number of rotatable bonds is 6. The van der Waals surface area contributed by atoms with E-state index in [0.29, 0.717) is 19.5 Å². The fraction of sp³-hybridized carbons (Fsp3) is 0.333. The van der Waals surface area contributed by atoms with Gasteiger partial charge < -0.3 is 9.80 Å². The van der Waals surface area contributed by atoms with Gasteiger partial charge in [-0.05, 0) is 47.7 Å². The first-order valence-electron chi connectivity index (χ1n) is 11.3. The number of piperidine rings is 1. The average molecular weight is 415 g/mol. The molecule has 0 spiro atoms. The van der Waals surface area contributed by atoms with Crippen LogP contribution in [0.5, 0.6) is 0 Å². The lowest BCUT2D eigenvalue weighted by Crippen LogP contribution is -2.49. The van der Waals surface area contributed by atoms with E-state index in [1.807, 2.05) is 53.4 Å². The molecule has 0 aromatic heterocycles. The predicted octanol–water partition coefficient (Wildman–Crippen LogP) is 4.93. The number of carbonyl (C=O) groups is 2. The number of likely N-dealkylation sites (tertiary alicyclic amines) is 1. The van der Waals surface area contributed by atoms with Crippen LogP contribution in [0, 0.1) is 0 Å². The van der Waals surface area contributed by atoms with E-state index in [1.165, 1.54) is 5.39 Å². The number of carbonyl (C=O) groups excluding carboxylic acids is 2. The predicted molar refractivity (Wildman–Crippen MR) is 125 cm³/mol. The number of amides is 2. The molecule has 1 aliphatic heterocycles. The lowest BCUT2D eigenvalue weighted by Gasteiger charge is -2.38. The quantitative estimate of drug-likeness (QED) is 0.574. The van der Waals surface area contributed by atoms with Crippen LogP contribution in [0.15, 0.2) is 72.8 Å². The van der Waals surface area contributed by atoms with Crippen molar-refractivity contribution in [1.82, 2.24) is 9.80 Å². The van der Waals surface area contributed by atoms with Crippen molar-refractivity contribution in [3.8, 4) is 0 Å². The fourth-order valence-corrected chi connectivity index (χ4v) is 4.61. The Balaban J connectivity index is 1.43. The molecule has 0 N–H and O–H groups in total.